The van der Waals surface area contributed by atoms with Crippen molar-refractivity contribution in [1.82, 2.24) is 10.0 Å². The number of fused-ring (bicyclic) bond motifs is 1. The fourth-order valence-electron chi connectivity index (χ4n) is 2.95. The fourth-order valence-corrected chi connectivity index (χ4v) is 4.03. The average molecular weight is 383 g/mol. The highest BCUT2D eigenvalue weighted by Gasteiger charge is 2.22. The molecule has 3 rings (SSSR count). The topological polar surface area (TPSA) is 67.4 Å². The largest absolute Gasteiger partial charge is 0.494 e. The maximum Gasteiger partial charge on any atom is 0.240 e. The molecule has 1 aliphatic heterocycles. The van der Waals surface area contributed by atoms with Crippen molar-refractivity contribution in [2.24, 2.45) is 0 Å². The van der Waals surface area contributed by atoms with E-state index >= 15 is 0 Å². The van der Waals surface area contributed by atoms with Crippen molar-refractivity contribution in [3.05, 3.63) is 59.7 Å². The molecule has 0 bridgehead atoms. The van der Waals surface area contributed by atoms with E-state index in [-0.39, 0.29) is 23.3 Å². The Bertz CT molecular complexity index is 811. The minimum atomic E-state index is -3.57. The normalized spacial score (nSPS) is 16.6. The number of hydrogen-bond donors (Lipinski definition) is 2. The van der Waals surface area contributed by atoms with E-state index in [4.69, 9.17) is 4.74 Å². The number of sulfonamides is 1. The summed E-state index contributed by atoms with van der Waals surface area (Å²) in [4.78, 5) is 0.220. The van der Waals surface area contributed by atoms with Crippen LogP contribution in [0.3, 0.4) is 0 Å². The Morgan fingerprint density at radius 3 is 2.80 bits per heavy atom. The lowest BCUT2D eigenvalue weighted by Crippen LogP contribution is -2.38. The first-order valence-corrected chi connectivity index (χ1v) is 9.62. The van der Waals surface area contributed by atoms with Gasteiger partial charge in [0.15, 0.2) is 0 Å². The molecule has 2 N–H and O–H groups in total. The van der Waals surface area contributed by atoms with Crippen LogP contribution in [0, 0.1) is 0 Å². The molecule has 0 amide bonds. The molecule has 7 heteroatoms. The van der Waals surface area contributed by atoms with E-state index in [0.29, 0.717) is 18.9 Å². The summed E-state index contributed by atoms with van der Waals surface area (Å²) in [6.07, 6.45) is 0.968. The summed E-state index contributed by atoms with van der Waals surface area (Å²) in [5.74, 6) is 0.557. The predicted octanol–water partition coefficient (Wildman–Crippen LogP) is 2.67. The van der Waals surface area contributed by atoms with Gasteiger partial charge in [0.05, 0.1) is 11.5 Å². The number of halogens is 1. The average Bonchev–Trinajstić information content (AvgIpc) is 2.60. The van der Waals surface area contributed by atoms with Crippen molar-refractivity contribution in [2.75, 3.05) is 19.7 Å². The monoisotopic (exact) mass is 382 g/mol. The second-order valence-electron chi connectivity index (χ2n) is 5.72. The van der Waals surface area contributed by atoms with Gasteiger partial charge in [-0.1, -0.05) is 30.3 Å². The van der Waals surface area contributed by atoms with Crippen molar-refractivity contribution in [3.8, 4) is 5.75 Å². The summed E-state index contributed by atoms with van der Waals surface area (Å²) < 4.78 is 33.2. The zero-order chi connectivity index (χ0) is 17.0. The van der Waals surface area contributed by atoms with Crippen molar-refractivity contribution < 1.29 is 13.2 Å². The second kappa shape index (κ2) is 8.67. The van der Waals surface area contributed by atoms with Gasteiger partial charge in [-0.05, 0) is 43.1 Å². The van der Waals surface area contributed by atoms with Crippen molar-refractivity contribution in [1.29, 1.82) is 0 Å². The highest BCUT2D eigenvalue weighted by Crippen LogP contribution is 2.23. The maximum absolute atomic E-state index is 12.5. The number of ether oxygens (including phenoxy) is 1. The van der Waals surface area contributed by atoms with Gasteiger partial charge in [-0.25, -0.2) is 13.1 Å². The van der Waals surface area contributed by atoms with Gasteiger partial charge in [0, 0.05) is 18.7 Å². The van der Waals surface area contributed by atoms with Gasteiger partial charge >= 0.3 is 0 Å². The van der Waals surface area contributed by atoms with Crippen LogP contribution in [0.5, 0.6) is 5.75 Å². The van der Waals surface area contributed by atoms with Crippen LogP contribution in [0.2, 0.25) is 0 Å². The van der Waals surface area contributed by atoms with E-state index in [1.165, 1.54) is 5.56 Å². The molecule has 2 aromatic carbocycles. The predicted molar refractivity (Wildman–Crippen MR) is 101 cm³/mol. The van der Waals surface area contributed by atoms with E-state index in [1.54, 1.807) is 24.3 Å². The molecular weight excluding hydrogens is 360 g/mol. The maximum atomic E-state index is 12.5. The lowest BCUT2D eigenvalue weighted by Gasteiger charge is -2.27. The third-order valence-corrected chi connectivity index (χ3v) is 5.54. The highest BCUT2D eigenvalue weighted by atomic mass is 35.5. The van der Waals surface area contributed by atoms with Crippen molar-refractivity contribution in [2.45, 2.75) is 24.3 Å². The molecule has 0 fully saturated rings. The van der Waals surface area contributed by atoms with Gasteiger partial charge in [-0.3, -0.25) is 0 Å². The molecular formula is C18H23ClN2O3S. The standard InChI is InChI=1S/C18H22N2O3S.ClH/c1-2-23-15-7-5-8-16(12-15)24(21,22)20-13-18-17-9-4-3-6-14(17)10-11-19-18;/h3-9,12,18-20H,2,10-11,13H2,1H3;1H. The van der Waals surface area contributed by atoms with Gasteiger partial charge in [-0.15, -0.1) is 12.4 Å². The Labute approximate surface area is 155 Å². The van der Waals surface area contributed by atoms with Crippen LogP contribution >= 0.6 is 12.4 Å². The first-order chi connectivity index (χ1) is 11.6. The molecule has 0 saturated heterocycles. The van der Waals surface area contributed by atoms with E-state index in [2.05, 4.69) is 22.2 Å². The van der Waals surface area contributed by atoms with Crippen LogP contribution < -0.4 is 14.8 Å². The zero-order valence-electron chi connectivity index (χ0n) is 14.1. The van der Waals surface area contributed by atoms with Crippen LogP contribution in [0.15, 0.2) is 53.4 Å². The lowest BCUT2D eigenvalue weighted by atomic mass is 9.95. The fraction of sp³-hybridized carbons (Fsp3) is 0.333. The van der Waals surface area contributed by atoms with Gasteiger partial charge in [0.25, 0.3) is 0 Å². The van der Waals surface area contributed by atoms with Crippen LogP contribution in [-0.4, -0.2) is 28.1 Å². The Kier molecular flexibility index (Phi) is 6.84. The number of rotatable bonds is 6. The van der Waals surface area contributed by atoms with E-state index in [0.717, 1.165) is 18.5 Å². The van der Waals surface area contributed by atoms with Crippen molar-refractivity contribution >= 4 is 22.4 Å². The molecule has 1 unspecified atom stereocenters. The molecule has 5 nitrogen and oxygen atoms in total. The summed E-state index contributed by atoms with van der Waals surface area (Å²) >= 11 is 0. The van der Waals surface area contributed by atoms with E-state index in [1.807, 2.05) is 19.1 Å². The summed E-state index contributed by atoms with van der Waals surface area (Å²) in [5.41, 5.74) is 2.44. The van der Waals surface area contributed by atoms with E-state index in [9.17, 15) is 8.42 Å². The van der Waals surface area contributed by atoms with Gasteiger partial charge in [0.1, 0.15) is 5.75 Å². The summed E-state index contributed by atoms with van der Waals surface area (Å²) in [6.45, 7) is 3.53. The number of nitrogens with one attached hydrogen (secondary N) is 2. The highest BCUT2D eigenvalue weighted by molar-refractivity contribution is 7.89. The second-order valence-corrected chi connectivity index (χ2v) is 7.48. The third-order valence-electron chi connectivity index (χ3n) is 4.12. The van der Waals surface area contributed by atoms with Crippen molar-refractivity contribution in [3.63, 3.8) is 0 Å². The van der Waals surface area contributed by atoms with Crippen LogP contribution in [0.1, 0.15) is 24.1 Å². The molecule has 0 saturated carbocycles. The van der Waals surface area contributed by atoms with Gasteiger partial charge in [-0.2, -0.15) is 0 Å². The quantitative estimate of drug-likeness (QED) is 0.806. The molecule has 1 aliphatic rings. The number of benzene rings is 2. The Morgan fingerprint density at radius 2 is 2.00 bits per heavy atom. The molecule has 1 atom stereocenters. The van der Waals surface area contributed by atoms with Crippen LogP contribution in [-0.2, 0) is 16.4 Å². The van der Waals surface area contributed by atoms with Crippen LogP contribution in [0.4, 0.5) is 0 Å². The first kappa shape index (κ1) is 19.7. The Morgan fingerprint density at radius 1 is 1.20 bits per heavy atom. The lowest BCUT2D eigenvalue weighted by molar-refractivity contribution is 0.339. The molecule has 2 aromatic rings. The molecule has 136 valence electrons. The van der Waals surface area contributed by atoms with Gasteiger partial charge in [0.2, 0.25) is 10.0 Å². The Hall–Kier alpha value is -1.60. The summed E-state index contributed by atoms with van der Waals surface area (Å²) in [7, 11) is -3.57. The van der Waals surface area contributed by atoms with E-state index < -0.39 is 10.0 Å². The molecule has 1 heterocycles. The minimum absolute atomic E-state index is 0. The third kappa shape index (κ3) is 4.73. The first-order valence-electron chi connectivity index (χ1n) is 8.14. The Balaban J connectivity index is 0.00000225. The van der Waals surface area contributed by atoms with Crippen LogP contribution in [0.25, 0.3) is 0 Å². The summed E-state index contributed by atoms with van der Waals surface area (Å²) in [6, 6.07) is 14.7. The summed E-state index contributed by atoms with van der Waals surface area (Å²) in [5, 5.41) is 3.38. The molecule has 0 aliphatic carbocycles. The SMILES string of the molecule is CCOc1cccc(S(=O)(=O)NCC2NCCc3ccccc32)c1.Cl. The minimum Gasteiger partial charge on any atom is -0.494 e. The molecule has 25 heavy (non-hydrogen) atoms. The number of hydrogen-bond acceptors (Lipinski definition) is 4. The molecule has 0 aromatic heterocycles. The van der Waals surface area contributed by atoms with Gasteiger partial charge < -0.3 is 10.1 Å². The smallest absolute Gasteiger partial charge is 0.240 e. The zero-order valence-corrected chi connectivity index (χ0v) is 15.7. The molecule has 0 radical (unpaired) electrons. The molecule has 0 spiro atoms.